The lowest BCUT2D eigenvalue weighted by atomic mass is 10.2. The van der Waals surface area contributed by atoms with E-state index in [1.54, 1.807) is 11.1 Å². The zero-order valence-electron chi connectivity index (χ0n) is 13.9. The zero-order chi connectivity index (χ0) is 16.9. The van der Waals surface area contributed by atoms with Crippen LogP contribution in [-0.2, 0) is 4.74 Å². The lowest BCUT2D eigenvalue weighted by Gasteiger charge is -2.35. The molecule has 0 N–H and O–H groups in total. The highest BCUT2D eigenvalue weighted by Gasteiger charge is 2.25. The first-order valence-electron chi connectivity index (χ1n) is 7.78. The Morgan fingerprint density at radius 1 is 1.30 bits per heavy atom. The van der Waals surface area contributed by atoms with Crippen LogP contribution in [0.2, 0.25) is 0 Å². The fourth-order valence-electron chi connectivity index (χ4n) is 2.25. The number of halogens is 1. The summed E-state index contributed by atoms with van der Waals surface area (Å²) in [6.45, 7) is 10.2. The Morgan fingerprint density at radius 2 is 2.00 bits per heavy atom. The maximum atomic E-state index is 12.0. The van der Waals surface area contributed by atoms with Crippen molar-refractivity contribution in [2.24, 2.45) is 0 Å². The molecule has 0 aromatic carbocycles. The van der Waals surface area contributed by atoms with E-state index in [-0.39, 0.29) is 6.09 Å². The van der Waals surface area contributed by atoms with Crippen molar-refractivity contribution < 1.29 is 14.3 Å². The molecule has 0 spiro atoms. The fourth-order valence-corrected chi connectivity index (χ4v) is 2.59. The molecular formula is C16H24BrN3O3. The van der Waals surface area contributed by atoms with E-state index < -0.39 is 5.60 Å². The minimum Gasteiger partial charge on any atom is -0.492 e. The van der Waals surface area contributed by atoms with Crippen molar-refractivity contribution in [3.05, 3.63) is 22.9 Å². The molecule has 6 nitrogen and oxygen atoms in total. The summed E-state index contributed by atoms with van der Waals surface area (Å²) in [5.41, 5.74) is -0.444. The summed E-state index contributed by atoms with van der Waals surface area (Å²) >= 11 is 3.32. The molecule has 2 rings (SSSR count). The molecular weight excluding hydrogens is 362 g/mol. The van der Waals surface area contributed by atoms with Crippen LogP contribution < -0.4 is 4.74 Å². The highest BCUT2D eigenvalue weighted by molar-refractivity contribution is 9.10. The number of rotatable bonds is 4. The monoisotopic (exact) mass is 385 g/mol. The number of carbonyl (C=O) groups is 1. The van der Waals surface area contributed by atoms with Gasteiger partial charge in [-0.05, 0) is 42.8 Å². The minimum atomic E-state index is -0.444. The average molecular weight is 386 g/mol. The second kappa shape index (κ2) is 7.97. The van der Waals surface area contributed by atoms with Gasteiger partial charge in [-0.2, -0.15) is 0 Å². The third kappa shape index (κ3) is 6.35. The molecule has 0 saturated carbocycles. The molecule has 2 heterocycles. The summed E-state index contributed by atoms with van der Waals surface area (Å²) in [5.74, 6) is 0.805. The van der Waals surface area contributed by atoms with Gasteiger partial charge in [0, 0.05) is 45.0 Å². The third-order valence-corrected chi connectivity index (χ3v) is 3.83. The maximum absolute atomic E-state index is 12.0. The van der Waals surface area contributed by atoms with Crippen LogP contribution >= 0.6 is 15.9 Å². The first kappa shape index (κ1) is 18.0. The Balaban J connectivity index is 1.68. The van der Waals surface area contributed by atoms with Crippen LogP contribution in [0.1, 0.15) is 20.8 Å². The predicted molar refractivity (Wildman–Crippen MR) is 91.7 cm³/mol. The molecule has 128 valence electrons. The molecule has 1 aromatic rings. The van der Waals surface area contributed by atoms with Gasteiger partial charge in [-0.3, -0.25) is 4.90 Å². The predicted octanol–water partition coefficient (Wildman–Crippen LogP) is 2.78. The summed E-state index contributed by atoms with van der Waals surface area (Å²) in [6.07, 6.45) is 1.48. The second-order valence-electron chi connectivity index (χ2n) is 6.47. The van der Waals surface area contributed by atoms with Crippen LogP contribution in [0, 0.1) is 0 Å². The molecule has 1 aliphatic heterocycles. The van der Waals surface area contributed by atoms with E-state index in [1.807, 2.05) is 32.9 Å². The van der Waals surface area contributed by atoms with Gasteiger partial charge in [-0.25, -0.2) is 9.78 Å². The van der Waals surface area contributed by atoms with Crippen LogP contribution in [0.4, 0.5) is 4.79 Å². The molecule has 7 heteroatoms. The highest BCUT2D eigenvalue weighted by Crippen LogP contribution is 2.15. The van der Waals surface area contributed by atoms with Gasteiger partial charge in [0.2, 0.25) is 0 Å². The lowest BCUT2D eigenvalue weighted by molar-refractivity contribution is 0.0137. The Kier molecular flexibility index (Phi) is 6.24. The number of piperazine rings is 1. The number of pyridine rings is 1. The molecule has 0 radical (unpaired) electrons. The Bertz CT molecular complexity index is 526. The SMILES string of the molecule is CC(C)(C)OC(=O)N1CCN(CCOc2ccnc(Br)c2)CC1. The standard InChI is InChI=1S/C16H24BrN3O3/c1-16(2,3)23-15(21)20-8-6-19(7-9-20)10-11-22-13-4-5-18-14(17)12-13/h4-5,12H,6-11H2,1-3H3. The highest BCUT2D eigenvalue weighted by atomic mass is 79.9. The second-order valence-corrected chi connectivity index (χ2v) is 7.28. The first-order chi connectivity index (χ1) is 10.8. The molecule has 0 unspecified atom stereocenters. The van der Waals surface area contributed by atoms with Crippen LogP contribution in [0.3, 0.4) is 0 Å². The Morgan fingerprint density at radius 3 is 2.61 bits per heavy atom. The number of ether oxygens (including phenoxy) is 2. The van der Waals surface area contributed by atoms with Gasteiger partial charge in [0.05, 0.1) is 0 Å². The maximum Gasteiger partial charge on any atom is 0.410 e. The molecule has 1 saturated heterocycles. The smallest absolute Gasteiger partial charge is 0.410 e. The topological polar surface area (TPSA) is 54.9 Å². The number of amides is 1. The van der Waals surface area contributed by atoms with Crippen molar-refractivity contribution in [1.82, 2.24) is 14.8 Å². The minimum absolute atomic E-state index is 0.227. The molecule has 1 amide bonds. The quantitative estimate of drug-likeness (QED) is 0.745. The number of hydrogen-bond donors (Lipinski definition) is 0. The summed E-state index contributed by atoms with van der Waals surface area (Å²) in [5, 5.41) is 0. The summed E-state index contributed by atoms with van der Waals surface area (Å²) in [7, 11) is 0. The van der Waals surface area contributed by atoms with Crippen LogP contribution in [0.15, 0.2) is 22.9 Å². The molecule has 23 heavy (non-hydrogen) atoms. The Hall–Kier alpha value is -1.34. The fraction of sp³-hybridized carbons (Fsp3) is 0.625. The summed E-state index contributed by atoms with van der Waals surface area (Å²) in [6, 6.07) is 3.69. The van der Waals surface area contributed by atoms with E-state index in [0.29, 0.717) is 19.7 Å². The number of aromatic nitrogens is 1. The largest absolute Gasteiger partial charge is 0.492 e. The molecule has 1 aliphatic rings. The van der Waals surface area contributed by atoms with Gasteiger partial charge < -0.3 is 14.4 Å². The number of hydrogen-bond acceptors (Lipinski definition) is 5. The van der Waals surface area contributed by atoms with Gasteiger partial charge in [0.15, 0.2) is 0 Å². The van der Waals surface area contributed by atoms with Gasteiger partial charge in [0.1, 0.15) is 22.6 Å². The van der Waals surface area contributed by atoms with Crippen molar-refractivity contribution in [3.63, 3.8) is 0 Å². The van der Waals surface area contributed by atoms with Crippen molar-refractivity contribution in [1.29, 1.82) is 0 Å². The van der Waals surface area contributed by atoms with Gasteiger partial charge in [-0.15, -0.1) is 0 Å². The van der Waals surface area contributed by atoms with Crippen molar-refractivity contribution in [2.45, 2.75) is 26.4 Å². The van der Waals surface area contributed by atoms with Crippen molar-refractivity contribution in [3.8, 4) is 5.75 Å². The van der Waals surface area contributed by atoms with E-state index in [9.17, 15) is 4.79 Å². The first-order valence-corrected chi connectivity index (χ1v) is 8.57. The normalized spacial score (nSPS) is 16.3. The van der Waals surface area contributed by atoms with Gasteiger partial charge in [0.25, 0.3) is 0 Å². The molecule has 0 aliphatic carbocycles. The van der Waals surface area contributed by atoms with Gasteiger partial charge in [-0.1, -0.05) is 0 Å². The van der Waals surface area contributed by atoms with E-state index in [0.717, 1.165) is 30.0 Å². The van der Waals surface area contributed by atoms with Crippen LogP contribution in [0.25, 0.3) is 0 Å². The lowest BCUT2D eigenvalue weighted by Crippen LogP contribution is -2.50. The van der Waals surface area contributed by atoms with Gasteiger partial charge >= 0.3 is 6.09 Å². The van der Waals surface area contributed by atoms with E-state index in [2.05, 4.69) is 25.8 Å². The van der Waals surface area contributed by atoms with E-state index >= 15 is 0 Å². The number of carbonyl (C=O) groups excluding carboxylic acids is 1. The average Bonchev–Trinajstić information content (AvgIpc) is 2.46. The van der Waals surface area contributed by atoms with Crippen molar-refractivity contribution in [2.75, 3.05) is 39.3 Å². The van der Waals surface area contributed by atoms with Crippen molar-refractivity contribution >= 4 is 22.0 Å². The van der Waals surface area contributed by atoms with E-state index in [1.165, 1.54) is 0 Å². The summed E-state index contributed by atoms with van der Waals surface area (Å²) in [4.78, 5) is 20.1. The van der Waals surface area contributed by atoms with Crippen LogP contribution in [-0.4, -0.2) is 65.8 Å². The molecule has 0 bridgehead atoms. The zero-order valence-corrected chi connectivity index (χ0v) is 15.5. The number of nitrogens with zero attached hydrogens (tertiary/aromatic N) is 3. The van der Waals surface area contributed by atoms with E-state index in [4.69, 9.17) is 9.47 Å². The Labute approximate surface area is 145 Å². The molecule has 1 fully saturated rings. The molecule has 1 aromatic heterocycles. The summed E-state index contributed by atoms with van der Waals surface area (Å²) < 4.78 is 11.9. The molecule has 0 atom stereocenters. The van der Waals surface area contributed by atoms with Crippen LogP contribution in [0.5, 0.6) is 5.75 Å². The third-order valence-electron chi connectivity index (χ3n) is 3.40.